The minimum Gasteiger partial charge on any atom is -0.495 e. The van der Waals surface area contributed by atoms with Crippen LogP contribution in [0.1, 0.15) is 10.4 Å². The summed E-state index contributed by atoms with van der Waals surface area (Å²) in [5.41, 5.74) is -1.96. The Morgan fingerprint density at radius 3 is 2.65 bits per heavy atom. The Labute approximate surface area is 117 Å². The Kier molecular flexibility index (Phi) is 3.62. The number of H-pyrrole nitrogens is 1. The van der Waals surface area contributed by atoms with Crippen molar-refractivity contribution < 1.29 is 14.6 Å². The molecule has 104 valence electrons. The number of halogens is 1. The quantitative estimate of drug-likeness (QED) is 0.875. The molecule has 0 amide bonds. The topological polar surface area (TPSA) is 101 Å². The molecule has 20 heavy (non-hydrogen) atoms. The zero-order valence-corrected chi connectivity index (χ0v) is 11.0. The van der Waals surface area contributed by atoms with Gasteiger partial charge in [-0.15, -0.1) is 0 Å². The molecule has 0 saturated heterocycles. The Balaban J connectivity index is 2.66. The average molecular weight is 297 g/mol. The van der Waals surface area contributed by atoms with E-state index in [1.165, 1.54) is 25.3 Å². The summed E-state index contributed by atoms with van der Waals surface area (Å²) in [6, 6.07) is 4.46. The van der Waals surface area contributed by atoms with Gasteiger partial charge in [0.15, 0.2) is 0 Å². The molecule has 0 unspecified atom stereocenters. The Morgan fingerprint density at radius 1 is 1.40 bits per heavy atom. The third-order valence-corrected chi connectivity index (χ3v) is 2.88. The zero-order valence-electron chi connectivity index (χ0n) is 10.2. The van der Waals surface area contributed by atoms with E-state index < -0.39 is 22.8 Å². The predicted molar refractivity (Wildman–Crippen MR) is 71.2 cm³/mol. The van der Waals surface area contributed by atoms with Crippen molar-refractivity contribution in [2.45, 2.75) is 0 Å². The number of nitrogens with one attached hydrogen (secondary N) is 1. The van der Waals surface area contributed by atoms with E-state index in [9.17, 15) is 14.4 Å². The molecule has 0 aliphatic rings. The van der Waals surface area contributed by atoms with Gasteiger partial charge in [-0.25, -0.2) is 9.59 Å². The van der Waals surface area contributed by atoms with Crippen molar-refractivity contribution in [1.29, 1.82) is 0 Å². The molecule has 0 spiro atoms. The van der Waals surface area contributed by atoms with Crippen molar-refractivity contribution in [2.24, 2.45) is 0 Å². The lowest BCUT2D eigenvalue weighted by atomic mass is 10.3. The molecule has 0 radical (unpaired) electrons. The maximum atomic E-state index is 11.7. The number of rotatable bonds is 3. The summed E-state index contributed by atoms with van der Waals surface area (Å²) in [4.78, 5) is 35.9. The average Bonchev–Trinajstić information content (AvgIpc) is 2.38. The molecular formula is C12H9ClN2O5. The zero-order chi connectivity index (χ0) is 14.9. The number of ether oxygens (including phenoxy) is 1. The van der Waals surface area contributed by atoms with Gasteiger partial charge in [-0.1, -0.05) is 11.6 Å². The summed E-state index contributed by atoms with van der Waals surface area (Å²) in [7, 11) is 1.44. The van der Waals surface area contributed by atoms with E-state index in [0.717, 1.165) is 10.8 Å². The van der Waals surface area contributed by atoms with Crippen LogP contribution < -0.4 is 16.0 Å². The molecule has 2 N–H and O–H groups in total. The summed E-state index contributed by atoms with van der Waals surface area (Å²) >= 11 is 5.94. The van der Waals surface area contributed by atoms with Crippen LogP contribution in [-0.4, -0.2) is 27.7 Å². The van der Waals surface area contributed by atoms with Crippen LogP contribution in [0.15, 0.2) is 34.0 Å². The largest absolute Gasteiger partial charge is 0.495 e. The fraction of sp³-hybridized carbons (Fsp3) is 0.0833. The van der Waals surface area contributed by atoms with Gasteiger partial charge in [0.05, 0.1) is 17.8 Å². The number of carboxylic acids is 1. The first-order valence-corrected chi connectivity index (χ1v) is 5.75. The van der Waals surface area contributed by atoms with Crippen molar-refractivity contribution in [2.75, 3.05) is 7.11 Å². The number of aromatic amines is 1. The predicted octanol–water partition coefficient (Wildman–Crippen LogP) is 0.886. The monoisotopic (exact) mass is 296 g/mol. The van der Waals surface area contributed by atoms with Crippen LogP contribution in [-0.2, 0) is 0 Å². The summed E-state index contributed by atoms with van der Waals surface area (Å²) < 4.78 is 5.96. The Morgan fingerprint density at radius 2 is 2.10 bits per heavy atom. The summed E-state index contributed by atoms with van der Waals surface area (Å²) in [5.74, 6) is -1.02. The van der Waals surface area contributed by atoms with E-state index in [2.05, 4.69) is 0 Å². The van der Waals surface area contributed by atoms with Crippen molar-refractivity contribution in [3.8, 4) is 11.4 Å². The Hall–Kier alpha value is -2.54. The summed E-state index contributed by atoms with van der Waals surface area (Å²) in [6.07, 6.45) is 0.946. The van der Waals surface area contributed by atoms with Gasteiger partial charge < -0.3 is 9.84 Å². The second kappa shape index (κ2) is 5.22. The molecular weight excluding hydrogens is 288 g/mol. The lowest BCUT2D eigenvalue weighted by Gasteiger charge is -2.08. The number of carbonyl (C=O) groups is 1. The lowest BCUT2D eigenvalue weighted by Crippen LogP contribution is -2.32. The SMILES string of the molecule is COc1ccc(-n2cc(C(=O)O)c(=O)[nH]c2=O)cc1Cl. The minimum absolute atomic E-state index is 0.250. The second-order valence-electron chi connectivity index (χ2n) is 3.80. The van der Waals surface area contributed by atoms with E-state index in [4.69, 9.17) is 21.4 Å². The van der Waals surface area contributed by atoms with Crippen LogP contribution in [0.5, 0.6) is 5.75 Å². The fourth-order valence-electron chi connectivity index (χ4n) is 1.62. The van der Waals surface area contributed by atoms with Gasteiger partial charge in [-0.2, -0.15) is 0 Å². The van der Waals surface area contributed by atoms with Gasteiger partial charge in [0.25, 0.3) is 5.56 Å². The molecule has 0 aliphatic carbocycles. The van der Waals surface area contributed by atoms with Gasteiger partial charge in [-0.3, -0.25) is 14.3 Å². The van der Waals surface area contributed by atoms with Crippen LogP contribution in [0, 0.1) is 0 Å². The molecule has 1 heterocycles. The number of benzene rings is 1. The number of methoxy groups -OCH3 is 1. The fourth-order valence-corrected chi connectivity index (χ4v) is 1.87. The number of hydrogen-bond donors (Lipinski definition) is 2. The highest BCUT2D eigenvalue weighted by atomic mass is 35.5. The van der Waals surface area contributed by atoms with Crippen LogP contribution in [0.25, 0.3) is 5.69 Å². The molecule has 2 rings (SSSR count). The van der Waals surface area contributed by atoms with E-state index in [0.29, 0.717) is 11.4 Å². The van der Waals surface area contributed by atoms with Crippen LogP contribution in [0.4, 0.5) is 0 Å². The highest BCUT2D eigenvalue weighted by Crippen LogP contribution is 2.25. The number of aromatic nitrogens is 2. The van der Waals surface area contributed by atoms with Crippen LogP contribution in [0.2, 0.25) is 5.02 Å². The van der Waals surface area contributed by atoms with E-state index in [1.807, 2.05) is 4.98 Å². The molecule has 8 heteroatoms. The third kappa shape index (κ3) is 2.43. The number of nitrogens with zero attached hydrogens (tertiary/aromatic N) is 1. The molecule has 1 aromatic carbocycles. The van der Waals surface area contributed by atoms with Gasteiger partial charge >= 0.3 is 11.7 Å². The van der Waals surface area contributed by atoms with E-state index in [-0.39, 0.29) is 5.02 Å². The van der Waals surface area contributed by atoms with Crippen molar-refractivity contribution in [1.82, 2.24) is 9.55 Å². The molecule has 1 aromatic heterocycles. The van der Waals surface area contributed by atoms with Crippen molar-refractivity contribution in [3.63, 3.8) is 0 Å². The maximum absolute atomic E-state index is 11.7. The molecule has 0 fully saturated rings. The van der Waals surface area contributed by atoms with Gasteiger partial charge in [0.1, 0.15) is 11.3 Å². The van der Waals surface area contributed by atoms with Crippen LogP contribution >= 0.6 is 11.6 Å². The molecule has 0 aliphatic heterocycles. The Bertz CT molecular complexity index is 793. The number of hydrogen-bond acceptors (Lipinski definition) is 4. The second-order valence-corrected chi connectivity index (χ2v) is 4.20. The standard InChI is InChI=1S/C12H9ClN2O5/c1-20-9-3-2-6(4-8(9)13)15-5-7(11(17)18)10(16)14-12(15)19/h2-5H,1H3,(H,17,18)(H,14,16,19). The lowest BCUT2D eigenvalue weighted by molar-refractivity contribution is 0.0694. The van der Waals surface area contributed by atoms with E-state index in [1.54, 1.807) is 0 Å². The number of aromatic carboxylic acids is 1. The smallest absolute Gasteiger partial charge is 0.342 e. The maximum Gasteiger partial charge on any atom is 0.342 e. The highest BCUT2D eigenvalue weighted by Gasteiger charge is 2.13. The third-order valence-electron chi connectivity index (χ3n) is 2.59. The van der Waals surface area contributed by atoms with E-state index >= 15 is 0 Å². The van der Waals surface area contributed by atoms with Gasteiger partial charge in [0.2, 0.25) is 0 Å². The normalized spacial score (nSPS) is 10.3. The van der Waals surface area contributed by atoms with Gasteiger partial charge in [0, 0.05) is 6.20 Å². The molecule has 0 bridgehead atoms. The molecule has 7 nitrogen and oxygen atoms in total. The van der Waals surface area contributed by atoms with Crippen molar-refractivity contribution >= 4 is 17.6 Å². The first-order valence-electron chi connectivity index (χ1n) is 5.37. The summed E-state index contributed by atoms with van der Waals surface area (Å²) in [5, 5.41) is 9.13. The number of carboxylic acid groups (broad SMARTS) is 1. The molecule has 0 saturated carbocycles. The molecule has 0 atom stereocenters. The minimum atomic E-state index is -1.43. The van der Waals surface area contributed by atoms with Gasteiger partial charge in [-0.05, 0) is 18.2 Å². The first kappa shape index (κ1) is 13.9. The summed E-state index contributed by atoms with van der Waals surface area (Å²) in [6.45, 7) is 0. The van der Waals surface area contributed by atoms with Crippen LogP contribution in [0.3, 0.4) is 0 Å². The first-order chi connectivity index (χ1) is 9.43. The molecule has 2 aromatic rings. The highest BCUT2D eigenvalue weighted by molar-refractivity contribution is 6.32. The van der Waals surface area contributed by atoms with Crippen molar-refractivity contribution in [3.05, 3.63) is 55.8 Å².